The summed E-state index contributed by atoms with van der Waals surface area (Å²) in [7, 11) is 1.73. The first-order valence-electron chi connectivity index (χ1n) is 6.40. The Bertz CT molecular complexity index is 359. The van der Waals surface area contributed by atoms with Gasteiger partial charge in [0.25, 0.3) is 0 Å². The molecule has 1 aliphatic carbocycles. The highest BCUT2D eigenvalue weighted by Crippen LogP contribution is 2.38. The normalized spacial score (nSPS) is 22.9. The van der Waals surface area contributed by atoms with E-state index in [-0.39, 0.29) is 0 Å². The second-order valence-electron chi connectivity index (χ2n) is 5.51. The molecule has 0 aliphatic heterocycles. The lowest BCUT2D eigenvalue weighted by Gasteiger charge is -2.28. The largest absolute Gasteiger partial charge is 0.383 e. The maximum absolute atomic E-state index is 5.10. The fourth-order valence-electron chi connectivity index (χ4n) is 2.57. The van der Waals surface area contributed by atoms with Gasteiger partial charge in [-0.3, -0.25) is 0 Å². The van der Waals surface area contributed by atoms with Gasteiger partial charge in [-0.25, -0.2) is 4.98 Å². The number of anilines is 1. The van der Waals surface area contributed by atoms with Gasteiger partial charge in [0.05, 0.1) is 6.61 Å². The number of ether oxygens (including phenoxy) is 1. The molecule has 1 atom stereocenters. The Morgan fingerprint density at radius 3 is 3.06 bits per heavy atom. The van der Waals surface area contributed by atoms with Crippen LogP contribution in [0.25, 0.3) is 0 Å². The lowest BCUT2D eigenvalue weighted by Crippen LogP contribution is -2.32. The summed E-state index contributed by atoms with van der Waals surface area (Å²) in [4.78, 5) is 4.39. The topological polar surface area (TPSA) is 39.1 Å². The fourth-order valence-corrected chi connectivity index (χ4v) is 2.57. The van der Waals surface area contributed by atoms with Gasteiger partial charge in [-0.1, -0.05) is 20.3 Å². The SMILES string of the molecule is COCCn1ccnc1NC1CCCC1(C)C. The van der Waals surface area contributed by atoms with E-state index in [9.17, 15) is 0 Å². The average molecular weight is 237 g/mol. The summed E-state index contributed by atoms with van der Waals surface area (Å²) in [5.41, 5.74) is 0.373. The highest BCUT2D eigenvalue weighted by Gasteiger charge is 2.34. The Morgan fingerprint density at radius 2 is 2.41 bits per heavy atom. The van der Waals surface area contributed by atoms with Gasteiger partial charge in [0.2, 0.25) is 5.95 Å². The summed E-state index contributed by atoms with van der Waals surface area (Å²) in [6.07, 6.45) is 7.69. The maximum atomic E-state index is 5.10. The number of nitrogens with zero attached hydrogens (tertiary/aromatic N) is 2. The van der Waals surface area contributed by atoms with E-state index < -0.39 is 0 Å². The molecule has 4 heteroatoms. The van der Waals surface area contributed by atoms with Crippen LogP contribution in [0.1, 0.15) is 33.1 Å². The van der Waals surface area contributed by atoms with Crippen molar-refractivity contribution in [3.05, 3.63) is 12.4 Å². The predicted molar refractivity (Wildman–Crippen MR) is 69.1 cm³/mol. The maximum Gasteiger partial charge on any atom is 0.203 e. The molecule has 1 aromatic heterocycles. The van der Waals surface area contributed by atoms with E-state index in [4.69, 9.17) is 4.74 Å². The Kier molecular flexibility index (Phi) is 3.72. The van der Waals surface area contributed by atoms with Crippen molar-refractivity contribution in [1.82, 2.24) is 9.55 Å². The minimum absolute atomic E-state index is 0.373. The molecule has 0 bridgehead atoms. The van der Waals surface area contributed by atoms with Gasteiger partial charge in [0.15, 0.2) is 0 Å². The Hall–Kier alpha value is -1.03. The Labute approximate surface area is 103 Å². The minimum Gasteiger partial charge on any atom is -0.383 e. The summed E-state index contributed by atoms with van der Waals surface area (Å²) in [6, 6.07) is 0.534. The molecule has 0 radical (unpaired) electrons. The number of rotatable bonds is 5. The highest BCUT2D eigenvalue weighted by molar-refractivity contribution is 5.29. The van der Waals surface area contributed by atoms with Crippen LogP contribution in [0.3, 0.4) is 0 Å². The predicted octanol–water partition coefficient (Wildman–Crippen LogP) is 2.52. The van der Waals surface area contributed by atoms with Crippen molar-refractivity contribution in [2.45, 2.75) is 45.7 Å². The Morgan fingerprint density at radius 1 is 1.59 bits per heavy atom. The summed E-state index contributed by atoms with van der Waals surface area (Å²) in [5, 5.41) is 3.58. The van der Waals surface area contributed by atoms with Crippen LogP contribution in [0.5, 0.6) is 0 Å². The monoisotopic (exact) mass is 237 g/mol. The molecule has 17 heavy (non-hydrogen) atoms. The van der Waals surface area contributed by atoms with Crippen LogP contribution in [0.2, 0.25) is 0 Å². The van der Waals surface area contributed by atoms with Gasteiger partial charge in [-0.05, 0) is 18.3 Å². The molecule has 2 rings (SSSR count). The summed E-state index contributed by atoms with van der Waals surface area (Å²) in [5.74, 6) is 0.974. The molecule has 0 aromatic carbocycles. The molecule has 1 saturated carbocycles. The molecule has 0 spiro atoms. The fraction of sp³-hybridized carbons (Fsp3) is 0.769. The molecule has 0 saturated heterocycles. The molecule has 1 N–H and O–H groups in total. The molecule has 1 aliphatic rings. The molecule has 1 fully saturated rings. The van der Waals surface area contributed by atoms with Crippen LogP contribution in [0, 0.1) is 5.41 Å². The van der Waals surface area contributed by atoms with Crippen LogP contribution in [0.4, 0.5) is 5.95 Å². The first-order valence-corrected chi connectivity index (χ1v) is 6.40. The molecular formula is C13H23N3O. The zero-order valence-electron chi connectivity index (χ0n) is 11.1. The van der Waals surface area contributed by atoms with Gasteiger partial charge in [-0.15, -0.1) is 0 Å². The first kappa shape index (κ1) is 12.4. The summed E-state index contributed by atoms with van der Waals surface area (Å²) < 4.78 is 7.23. The van der Waals surface area contributed by atoms with Crippen molar-refractivity contribution in [2.75, 3.05) is 19.0 Å². The van der Waals surface area contributed by atoms with E-state index in [0.29, 0.717) is 11.5 Å². The smallest absolute Gasteiger partial charge is 0.203 e. The van der Waals surface area contributed by atoms with Gasteiger partial charge in [0.1, 0.15) is 0 Å². The average Bonchev–Trinajstić information content (AvgIpc) is 2.84. The summed E-state index contributed by atoms with van der Waals surface area (Å²) >= 11 is 0. The van der Waals surface area contributed by atoms with E-state index in [0.717, 1.165) is 19.1 Å². The van der Waals surface area contributed by atoms with Crippen molar-refractivity contribution >= 4 is 5.95 Å². The molecule has 96 valence electrons. The van der Waals surface area contributed by atoms with Gasteiger partial charge in [0, 0.05) is 32.1 Å². The van der Waals surface area contributed by atoms with Crippen molar-refractivity contribution in [1.29, 1.82) is 0 Å². The number of hydrogen-bond acceptors (Lipinski definition) is 3. The van der Waals surface area contributed by atoms with E-state index in [1.165, 1.54) is 19.3 Å². The number of methoxy groups -OCH3 is 1. The second kappa shape index (κ2) is 5.08. The number of imidazole rings is 1. The Balaban J connectivity index is 2.01. The quantitative estimate of drug-likeness (QED) is 0.855. The van der Waals surface area contributed by atoms with Crippen LogP contribution < -0.4 is 5.32 Å². The molecule has 1 aromatic rings. The minimum atomic E-state index is 0.373. The van der Waals surface area contributed by atoms with Crippen LogP contribution in [-0.2, 0) is 11.3 Å². The molecule has 0 amide bonds. The van der Waals surface area contributed by atoms with Gasteiger partial charge in [-0.2, -0.15) is 0 Å². The molecular weight excluding hydrogens is 214 g/mol. The van der Waals surface area contributed by atoms with Crippen LogP contribution in [0.15, 0.2) is 12.4 Å². The zero-order valence-corrected chi connectivity index (χ0v) is 11.1. The zero-order chi connectivity index (χ0) is 12.3. The third-order valence-electron chi connectivity index (χ3n) is 3.81. The van der Waals surface area contributed by atoms with E-state index >= 15 is 0 Å². The first-order chi connectivity index (χ1) is 8.13. The van der Waals surface area contributed by atoms with E-state index in [1.807, 2.05) is 12.4 Å². The van der Waals surface area contributed by atoms with Crippen molar-refractivity contribution in [3.63, 3.8) is 0 Å². The van der Waals surface area contributed by atoms with Crippen LogP contribution in [-0.4, -0.2) is 29.3 Å². The third kappa shape index (κ3) is 2.80. The van der Waals surface area contributed by atoms with Gasteiger partial charge < -0.3 is 14.6 Å². The molecule has 1 heterocycles. The summed E-state index contributed by atoms with van der Waals surface area (Å²) in [6.45, 7) is 6.24. The van der Waals surface area contributed by atoms with E-state index in [1.54, 1.807) is 7.11 Å². The number of hydrogen-bond donors (Lipinski definition) is 1. The van der Waals surface area contributed by atoms with Gasteiger partial charge >= 0.3 is 0 Å². The van der Waals surface area contributed by atoms with E-state index in [2.05, 4.69) is 28.7 Å². The molecule has 4 nitrogen and oxygen atoms in total. The third-order valence-corrected chi connectivity index (χ3v) is 3.81. The number of aromatic nitrogens is 2. The highest BCUT2D eigenvalue weighted by atomic mass is 16.5. The molecule has 1 unspecified atom stereocenters. The number of nitrogens with one attached hydrogen (secondary N) is 1. The lowest BCUT2D eigenvalue weighted by atomic mass is 9.87. The second-order valence-corrected chi connectivity index (χ2v) is 5.51. The van der Waals surface area contributed by atoms with Crippen molar-refractivity contribution < 1.29 is 4.74 Å². The van der Waals surface area contributed by atoms with Crippen molar-refractivity contribution in [3.8, 4) is 0 Å². The standard InChI is InChI=1S/C13H23N3O/c1-13(2)6-4-5-11(13)15-12-14-7-8-16(12)9-10-17-3/h7-8,11H,4-6,9-10H2,1-3H3,(H,14,15). The van der Waals surface area contributed by atoms with Crippen molar-refractivity contribution in [2.24, 2.45) is 5.41 Å². The van der Waals surface area contributed by atoms with Crippen LogP contribution >= 0.6 is 0 Å². The lowest BCUT2D eigenvalue weighted by molar-refractivity contribution is 0.187.